The predicted molar refractivity (Wildman–Crippen MR) is 86.9 cm³/mol. The van der Waals surface area contributed by atoms with Crippen LogP contribution in [0.15, 0.2) is 5.38 Å². The Morgan fingerprint density at radius 2 is 2.33 bits per heavy atom. The van der Waals surface area contributed by atoms with E-state index in [2.05, 4.69) is 21.9 Å². The molecule has 1 atom stereocenters. The minimum absolute atomic E-state index is 0.389. The van der Waals surface area contributed by atoms with Gasteiger partial charge in [0, 0.05) is 18.5 Å². The van der Waals surface area contributed by atoms with Gasteiger partial charge < -0.3 is 5.32 Å². The molecule has 21 heavy (non-hydrogen) atoms. The van der Waals surface area contributed by atoms with E-state index < -0.39 is 10.2 Å². The molecule has 0 aliphatic carbocycles. The zero-order chi connectivity index (χ0) is 15.3. The third kappa shape index (κ3) is 4.91. The van der Waals surface area contributed by atoms with Crippen molar-refractivity contribution < 1.29 is 8.42 Å². The predicted octanol–water partition coefficient (Wildman–Crippen LogP) is 1.82. The van der Waals surface area contributed by atoms with Gasteiger partial charge in [-0.1, -0.05) is 6.92 Å². The van der Waals surface area contributed by atoms with E-state index in [9.17, 15) is 8.42 Å². The number of thiazole rings is 1. The Morgan fingerprint density at radius 3 is 3.00 bits per heavy atom. The minimum Gasteiger partial charge on any atom is -0.316 e. The molecule has 0 aromatic carbocycles. The van der Waals surface area contributed by atoms with Crippen LogP contribution in [-0.4, -0.2) is 43.9 Å². The van der Waals surface area contributed by atoms with Crippen molar-refractivity contribution in [1.82, 2.24) is 14.6 Å². The van der Waals surface area contributed by atoms with Gasteiger partial charge in [-0.05, 0) is 45.2 Å². The van der Waals surface area contributed by atoms with E-state index in [1.807, 2.05) is 12.3 Å². The Labute approximate surface area is 131 Å². The molecular formula is C13H24N4O2S2. The van der Waals surface area contributed by atoms with Gasteiger partial charge in [0.1, 0.15) is 0 Å². The van der Waals surface area contributed by atoms with Crippen LogP contribution in [0, 0.1) is 12.8 Å². The standard InChI is InChI=1S/C13H24N4O2S2/c1-3-6-14-8-12-5-4-7-17(9-12)21(18,19)16-13-15-11(2)10-20-13/h10,12,14H,3-9H2,1-2H3,(H,15,16). The van der Waals surface area contributed by atoms with Gasteiger partial charge in [0.15, 0.2) is 5.13 Å². The molecule has 1 aliphatic rings. The molecule has 2 rings (SSSR count). The monoisotopic (exact) mass is 332 g/mol. The highest BCUT2D eigenvalue weighted by Gasteiger charge is 2.29. The fraction of sp³-hybridized carbons (Fsp3) is 0.769. The summed E-state index contributed by atoms with van der Waals surface area (Å²) >= 11 is 1.32. The molecule has 2 N–H and O–H groups in total. The van der Waals surface area contributed by atoms with Crippen molar-refractivity contribution in [2.45, 2.75) is 33.1 Å². The molecule has 2 heterocycles. The molecule has 8 heteroatoms. The molecule has 0 spiro atoms. The highest BCUT2D eigenvalue weighted by atomic mass is 32.2. The number of anilines is 1. The lowest BCUT2D eigenvalue weighted by Gasteiger charge is -2.31. The molecule has 1 aromatic rings. The second-order valence-electron chi connectivity index (χ2n) is 5.47. The first kappa shape index (κ1) is 16.7. The van der Waals surface area contributed by atoms with E-state index in [-0.39, 0.29) is 0 Å². The van der Waals surface area contributed by atoms with Crippen molar-refractivity contribution in [2.75, 3.05) is 30.9 Å². The topological polar surface area (TPSA) is 74.3 Å². The zero-order valence-electron chi connectivity index (χ0n) is 12.6. The molecule has 1 saturated heterocycles. The van der Waals surface area contributed by atoms with Gasteiger partial charge in [-0.25, -0.2) is 9.71 Å². The summed E-state index contributed by atoms with van der Waals surface area (Å²) in [6.07, 6.45) is 3.09. The maximum atomic E-state index is 12.4. The summed E-state index contributed by atoms with van der Waals surface area (Å²) in [7, 11) is -3.48. The lowest BCUT2D eigenvalue weighted by atomic mass is 10.00. The number of piperidine rings is 1. The molecule has 0 saturated carbocycles. The van der Waals surface area contributed by atoms with Crippen molar-refractivity contribution in [2.24, 2.45) is 5.92 Å². The molecule has 120 valence electrons. The normalized spacial score (nSPS) is 20.6. The number of aromatic nitrogens is 1. The third-order valence-corrected chi connectivity index (χ3v) is 5.98. The van der Waals surface area contributed by atoms with Gasteiger partial charge in [0.25, 0.3) is 0 Å². The Hall–Kier alpha value is -0.700. The number of rotatable bonds is 7. The van der Waals surface area contributed by atoms with Crippen molar-refractivity contribution in [3.05, 3.63) is 11.1 Å². The molecule has 1 fully saturated rings. The lowest BCUT2D eigenvalue weighted by molar-refractivity contribution is 0.261. The van der Waals surface area contributed by atoms with Crippen molar-refractivity contribution in [3.8, 4) is 0 Å². The second-order valence-corrected chi connectivity index (χ2v) is 8.00. The van der Waals surface area contributed by atoms with E-state index in [0.717, 1.165) is 38.0 Å². The first-order valence-electron chi connectivity index (χ1n) is 7.42. The van der Waals surface area contributed by atoms with E-state index in [1.54, 1.807) is 4.31 Å². The van der Waals surface area contributed by atoms with E-state index in [4.69, 9.17) is 0 Å². The summed E-state index contributed by atoms with van der Waals surface area (Å²) in [4.78, 5) is 4.16. The maximum Gasteiger partial charge on any atom is 0.303 e. The number of hydrogen-bond donors (Lipinski definition) is 2. The van der Waals surface area contributed by atoms with Crippen molar-refractivity contribution in [1.29, 1.82) is 0 Å². The molecule has 1 aliphatic heterocycles. The van der Waals surface area contributed by atoms with Crippen LogP contribution in [-0.2, 0) is 10.2 Å². The van der Waals surface area contributed by atoms with Crippen LogP contribution < -0.4 is 10.0 Å². The van der Waals surface area contributed by atoms with E-state index >= 15 is 0 Å². The number of aryl methyl sites for hydroxylation is 1. The van der Waals surface area contributed by atoms with Crippen LogP contribution in [0.5, 0.6) is 0 Å². The van der Waals surface area contributed by atoms with E-state index in [1.165, 1.54) is 11.3 Å². The van der Waals surface area contributed by atoms with E-state index in [0.29, 0.717) is 24.1 Å². The molecule has 0 radical (unpaired) electrons. The van der Waals surface area contributed by atoms with Gasteiger partial charge in [0.05, 0.1) is 5.69 Å². The van der Waals surface area contributed by atoms with Crippen molar-refractivity contribution >= 4 is 26.7 Å². The van der Waals surface area contributed by atoms with Crippen LogP contribution >= 0.6 is 11.3 Å². The highest BCUT2D eigenvalue weighted by Crippen LogP contribution is 2.22. The molecule has 6 nitrogen and oxygen atoms in total. The Morgan fingerprint density at radius 1 is 1.52 bits per heavy atom. The summed E-state index contributed by atoms with van der Waals surface area (Å²) in [6.45, 7) is 7.02. The van der Waals surface area contributed by atoms with Gasteiger partial charge in [-0.15, -0.1) is 11.3 Å². The smallest absolute Gasteiger partial charge is 0.303 e. The molecule has 1 aromatic heterocycles. The summed E-state index contributed by atoms with van der Waals surface area (Å²) in [5.74, 6) is 0.389. The van der Waals surface area contributed by atoms with Gasteiger partial charge in [-0.2, -0.15) is 12.7 Å². The number of nitrogens with zero attached hydrogens (tertiary/aromatic N) is 2. The first-order chi connectivity index (χ1) is 10.0. The fourth-order valence-electron chi connectivity index (χ4n) is 2.47. The van der Waals surface area contributed by atoms with Gasteiger partial charge >= 0.3 is 10.2 Å². The SMILES string of the molecule is CCCNCC1CCCN(S(=O)(=O)Nc2nc(C)cs2)C1. The van der Waals surface area contributed by atoms with Gasteiger partial charge in [-0.3, -0.25) is 0 Å². The zero-order valence-corrected chi connectivity index (χ0v) is 14.3. The van der Waals surface area contributed by atoms with Crippen LogP contribution in [0.2, 0.25) is 0 Å². The summed E-state index contributed by atoms with van der Waals surface area (Å²) in [6, 6.07) is 0. The van der Waals surface area contributed by atoms with Crippen LogP contribution in [0.25, 0.3) is 0 Å². The first-order valence-corrected chi connectivity index (χ1v) is 9.74. The second kappa shape index (κ2) is 7.53. The Kier molecular flexibility index (Phi) is 5.98. The maximum absolute atomic E-state index is 12.4. The molecule has 0 amide bonds. The highest BCUT2D eigenvalue weighted by molar-refractivity contribution is 7.90. The fourth-order valence-corrected chi connectivity index (χ4v) is 4.68. The molecule has 1 unspecified atom stereocenters. The average Bonchev–Trinajstić information content (AvgIpc) is 2.84. The van der Waals surface area contributed by atoms with Crippen molar-refractivity contribution in [3.63, 3.8) is 0 Å². The number of nitrogens with one attached hydrogen (secondary N) is 2. The van der Waals surface area contributed by atoms with Crippen LogP contribution in [0.4, 0.5) is 5.13 Å². The largest absolute Gasteiger partial charge is 0.316 e. The quantitative estimate of drug-likeness (QED) is 0.747. The third-order valence-electron chi connectivity index (χ3n) is 3.52. The number of hydrogen-bond acceptors (Lipinski definition) is 5. The summed E-state index contributed by atoms with van der Waals surface area (Å²) in [5, 5.41) is 5.66. The summed E-state index contributed by atoms with van der Waals surface area (Å²) < 4.78 is 28.9. The Bertz CT molecular complexity index is 544. The minimum atomic E-state index is -3.48. The van der Waals surface area contributed by atoms with Crippen LogP contribution in [0.3, 0.4) is 0 Å². The molecular weight excluding hydrogens is 308 g/mol. The lowest BCUT2D eigenvalue weighted by Crippen LogP contribution is -2.45. The molecule has 0 bridgehead atoms. The Balaban J connectivity index is 1.92. The average molecular weight is 332 g/mol. The summed E-state index contributed by atoms with van der Waals surface area (Å²) in [5.41, 5.74) is 0.831. The van der Waals surface area contributed by atoms with Crippen LogP contribution in [0.1, 0.15) is 31.9 Å². The van der Waals surface area contributed by atoms with Gasteiger partial charge in [0.2, 0.25) is 0 Å².